The van der Waals surface area contributed by atoms with Crippen LogP contribution in [0.1, 0.15) is 44.6 Å². The van der Waals surface area contributed by atoms with Crippen LogP contribution in [0.2, 0.25) is 0 Å². The molecule has 0 radical (unpaired) electrons. The largest absolute Gasteiger partial charge is 0.385 e. The highest BCUT2D eigenvalue weighted by atomic mass is 15.1. The van der Waals surface area contributed by atoms with Crippen molar-refractivity contribution in [3.05, 3.63) is 23.8 Å². The van der Waals surface area contributed by atoms with E-state index in [1.54, 1.807) is 0 Å². The summed E-state index contributed by atoms with van der Waals surface area (Å²) >= 11 is 0. The molecule has 0 bridgehead atoms. The van der Waals surface area contributed by atoms with Gasteiger partial charge >= 0.3 is 0 Å². The molecular weight excluding hydrogens is 232 g/mol. The molecule has 2 unspecified atom stereocenters. The molecular formula is C17H26N2. The molecule has 1 aromatic rings. The average molecular weight is 258 g/mol. The zero-order valence-corrected chi connectivity index (χ0v) is 12.3. The second-order valence-electron chi connectivity index (χ2n) is 6.37. The number of benzene rings is 1. The fourth-order valence-corrected chi connectivity index (χ4v) is 3.77. The van der Waals surface area contributed by atoms with Gasteiger partial charge in [-0.3, -0.25) is 0 Å². The van der Waals surface area contributed by atoms with Crippen LogP contribution in [0.3, 0.4) is 0 Å². The topological polar surface area (TPSA) is 15.3 Å². The molecule has 104 valence electrons. The van der Waals surface area contributed by atoms with Crippen LogP contribution in [0.25, 0.3) is 0 Å². The maximum Gasteiger partial charge on any atom is 0.0419 e. The van der Waals surface area contributed by atoms with E-state index in [4.69, 9.17) is 0 Å². The summed E-state index contributed by atoms with van der Waals surface area (Å²) in [6.45, 7) is 3.53. The van der Waals surface area contributed by atoms with Crippen molar-refractivity contribution in [2.24, 2.45) is 5.92 Å². The average Bonchev–Trinajstić information content (AvgIpc) is 2.46. The fraction of sp³-hybridized carbons (Fsp3) is 0.647. The third-order valence-electron chi connectivity index (χ3n) is 4.91. The van der Waals surface area contributed by atoms with E-state index in [0.717, 1.165) is 18.5 Å². The van der Waals surface area contributed by atoms with Crippen molar-refractivity contribution in [1.29, 1.82) is 0 Å². The second-order valence-corrected chi connectivity index (χ2v) is 6.37. The van der Waals surface area contributed by atoms with Crippen LogP contribution in [-0.4, -0.2) is 19.6 Å². The molecule has 1 heterocycles. The van der Waals surface area contributed by atoms with Gasteiger partial charge in [-0.1, -0.05) is 25.8 Å². The predicted octanol–water partition coefficient (Wildman–Crippen LogP) is 4.06. The molecule has 0 spiro atoms. The maximum atomic E-state index is 3.54. The van der Waals surface area contributed by atoms with Crippen LogP contribution in [0.4, 0.5) is 11.4 Å². The van der Waals surface area contributed by atoms with Crippen molar-refractivity contribution >= 4 is 11.4 Å². The lowest BCUT2D eigenvalue weighted by Crippen LogP contribution is -2.36. The lowest BCUT2D eigenvalue weighted by Gasteiger charge is -2.37. The standard InChI is InChI=1S/C17H26N2/c1-13-6-3-7-14(12-13)19(2)17-10-4-9-16-15(17)8-5-11-18-16/h4,9-10,13-14,18H,3,5-8,11-12H2,1-2H3. The Balaban J connectivity index is 1.84. The molecule has 1 fully saturated rings. The molecule has 0 amide bonds. The Hall–Kier alpha value is -1.18. The number of nitrogens with zero attached hydrogens (tertiary/aromatic N) is 1. The van der Waals surface area contributed by atoms with Crippen LogP contribution < -0.4 is 10.2 Å². The van der Waals surface area contributed by atoms with Crippen LogP contribution >= 0.6 is 0 Å². The van der Waals surface area contributed by atoms with Gasteiger partial charge in [-0.05, 0) is 49.3 Å². The van der Waals surface area contributed by atoms with Gasteiger partial charge in [0.05, 0.1) is 0 Å². The highest BCUT2D eigenvalue weighted by molar-refractivity contribution is 5.68. The molecule has 19 heavy (non-hydrogen) atoms. The summed E-state index contributed by atoms with van der Waals surface area (Å²) in [6, 6.07) is 7.48. The zero-order valence-electron chi connectivity index (χ0n) is 12.3. The van der Waals surface area contributed by atoms with Crippen LogP contribution in [-0.2, 0) is 6.42 Å². The quantitative estimate of drug-likeness (QED) is 0.860. The Labute approximate surface area is 117 Å². The van der Waals surface area contributed by atoms with Crippen molar-refractivity contribution in [2.45, 2.75) is 51.5 Å². The van der Waals surface area contributed by atoms with E-state index >= 15 is 0 Å². The molecule has 2 heteroatoms. The summed E-state index contributed by atoms with van der Waals surface area (Å²) in [6.07, 6.45) is 8.01. The fourth-order valence-electron chi connectivity index (χ4n) is 3.77. The highest BCUT2D eigenvalue weighted by Gasteiger charge is 2.24. The van der Waals surface area contributed by atoms with Crippen LogP contribution in [0, 0.1) is 5.92 Å². The second kappa shape index (κ2) is 5.44. The van der Waals surface area contributed by atoms with E-state index in [2.05, 4.69) is 42.4 Å². The first-order valence-corrected chi connectivity index (χ1v) is 7.84. The molecule has 1 aromatic carbocycles. The van der Waals surface area contributed by atoms with Gasteiger partial charge in [0, 0.05) is 31.0 Å². The first kappa shape index (κ1) is 12.8. The molecule has 1 N–H and O–H groups in total. The lowest BCUT2D eigenvalue weighted by atomic mass is 9.86. The monoisotopic (exact) mass is 258 g/mol. The first-order chi connectivity index (χ1) is 9.25. The van der Waals surface area contributed by atoms with Crippen molar-refractivity contribution in [1.82, 2.24) is 0 Å². The Morgan fingerprint density at radius 3 is 2.95 bits per heavy atom. The minimum atomic E-state index is 0.733. The number of nitrogens with one attached hydrogen (secondary N) is 1. The van der Waals surface area contributed by atoms with Gasteiger partial charge in [0.15, 0.2) is 0 Å². The van der Waals surface area contributed by atoms with Gasteiger partial charge in [-0.15, -0.1) is 0 Å². The normalized spacial score (nSPS) is 26.4. The molecule has 2 nitrogen and oxygen atoms in total. The molecule has 3 rings (SSSR count). The summed E-state index contributed by atoms with van der Waals surface area (Å²) in [5.41, 5.74) is 4.36. The lowest BCUT2D eigenvalue weighted by molar-refractivity contribution is 0.336. The molecule has 1 saturated carbocycles. The Morgan fingerprint density at radius 1 is 1.21 bits per heavy atom. The number of rotatable bonds is 2. The Morgan fingerprint density at radius 2 is 2.11 bits per heavy atom. The third-order valence-corrected chi connectivity index (χ3v) is 4.91. The number of hydrogen-bond donors (Lipinski definition) is 1. The van der Waals surface area contributed by atoms with E-state index in [9.17, 15) is 0 Å². The number of anilines is 2. The summed E-state index contributed by atoms with van der Waals surface area (Å²) in [7, 11) is 2.30. The first-order valence-electron chi connectivity index (χ1n) is 7.84. The van der Waals surface area contributed by atoms with Crippen molar-refractivity contribution < 1.29 is 0 Å². The summed E-state index contributed by atoms with van der Waals surface area (Å²) < 4.78 is 0. The van der Waals surface area contributed by atoms with E-state index in [-0.39, 0.29) is 0 Å². The van der Waals surface area contributed by atoms with Gasteiger partial charge < -0.3 is 10.2 Å². The number of fused-ring (bicyclic) bond motifs is 1. The molecule has 1 aliphatic carbocycles. The van der Waals surface area contributed by atoms with Crippen LogP contribution in [0.15, 0.2) is 18.2 Å². The molecule has 0 saturated heterocycles. The molecule has 2 atom stereocenters. The summed E-state index contributed by atoms with van der Waals surface area (Å²) in [4.78, 5) is 2.56. The van der Waals surface area contributed by atoms with Crippen LogP contribution in [0.5, 0.6) is 0 Å². The van der Waals surface area contributed by atoms with E-state index in [0.29, 0.717) is 0 Å². The minimum absolute atomic E-state index is 0.733. The van der Waals surface area contributed by atoms with Gasteiger partial charge in [0.2, 0.25) is 0 Å². The van der Waals surface area contributed by atoms with E-state index in [1.807, 2.05) is 0 Å². The Bertz CT molecular complexity index is 441. The van der Waals surface area contributed by atoms with Crippen molar-refractivity contribution in [3.8, 4) is 0 Å². The van der Waals surface area contributed by atoms with Gasteiger partial charge in [-0.25, -0.2) is 0 Å². The SMILES string of the molecule is CC1CCCC(N(C)c2cccc3c2CCCN3)C1. The van der Waals surface area contributed by atoms with Crippen molar-refractivity contribution in [3.63, 3.8) is 0 Å². The van der Waals surface area contributed by atoms with Gasteiger partial charge in [-0.2, -0.15) is 0 Å². The smallest absolute Gasteiger partial charge is 0.0419 e. The third kappa shape index (κ3) is 2.58. The predicted molar refractivity (Wildman–Crippen MR) is 83.1 cm³/mol. The molecule has 1 aliphatic heterocycles. The summed E-state index contributed by atoms with van der Waals surface area (Å²) in [5, 5.41) is 3.54. The maximum absolute atomic E-state index is 3.54. The van der Waals surface area contributed by atoms with E-state index < -0.39 is 0 Å². The zero-order chi connectivity index (χ0) is 13.2. The Kier molecular flexibility index (Phi) is 3.67. The summed E-state index contributed by atoms with van der Waals surface area (Å²) in [5.74, 6) is 0.888. The van der Waals surface area contributed by atoms with Gasteiger partial charge in [0.25, 0.3) is 0 Å². The minimum Gasteiger partial charge on any atom is -0.385 e. The van der Waals surface area contributed by atoms with Crippen molar-refractivity contribution in [2.75, 3.05) is 23.8 Å². The highest BCUT2D eigenvalue weighted by Crippen LogP contribution is 2.35. The number of hydrogen-bond acceptors (Lipinski definition) is 2. The molecule has 2 aliphatic rings. The molecule has 0 aromatic heterocycles. The van der Waals surface area contributed by atoms with Gasteiger partial charge in [0.1, 0.15) is 0 Å². The van der Waals surface area contributed by atoms with E-state index in [1.165, 1.54) is 55.5 Å².